The normalized spacial score (nSPS) is 21.0. The molecule has 1 aromatic rings. The lowest BCUT2D eigenvalue weighted by molar-refractivity contribution is -0.115. The van der Waals surface area contributed by atoms with Gasteiger partial charge in [0.15, 0.2) is 11.5 Å². The van der Waals surface area contributed by atoms with Gasteiger partial charge in [0.2, 0.25) is 12.0 Å². The van der Waals surface area contributed by atoms with Crippen LogP contribution in [0.3, 0.4) is 0 Å². The van der Waals surface area contributed by atoms with Crippen LogP contribution in [0.2, 0.25) is 0 Å². The molecule has 1 N–H and O–H groups in total. The standard InChI is InChI=1S/C12H10N2O4S/c1-16-14-12-13-11(15)10(19-12)5-7-2-3-8-9(4-7)18-6-17-8/h2-5H,6H2,1H3,(H,13,14,15)/b10-5-. The third-order valence-corrected chi connectivity index (χ3v) is 3.41. The minimum absolute atomic E-state index is 0.196. The van der Waals surface area contributed by atoms with Crippen molar-refractivity contribution in [2.45, 2.75) is 0 Å². The molecule has 1 aromatic carbocycles. The van der Waals surface area contributed by atoms with E-state index in [1.807, 2.05) is 18.2 Å². The second-order valence-corrected chi connectivity index (χ2v) is 4.79. The van der Waals surface area contributed by atoms with Gasteiger partial charge in [0.1, 0.15) is 7.11 Å². The number of rotatable bonds is 2. The van der Waals surface area contributed by atoms with Gasteiger partial charge in [-0.15, -0.1) is 0 Å². The molecule has 19 heavy (non-hydrogen) atoms. The van der Waals surface area contributed by atoms with Gasteiger partial charge < -0.3 is 14.3 Å². The third-order valence-electron chi connectivity index (χ3n) is 2.52. The summed E-state index contributed by atoms with van der Waals surface area (Å²) in [4.78, 5) is 16.9. The number of benzene rings is 1. The molecular weight excluding hydrogens is 268 g/mol. The molecule has 2 aliphatic heterocycles. The van der Waals surface area contributed by atoms with Crippen LogP contribution in [0, 0.1) is 0 Å². The first-order valence-corrected chi connectivity index (χ1v) is 6.29. The molecule has 0 saturated carbocycles. The van der Waals surface area contributed by atoms with Crippen molar-refractivity contribution in [2.24, 2.45) is 5.16 Å². The zero-order valence-electron chi connectivity index (χ0n) is 10.0. The molecule has 2 heterocycles. The lowest BCUT2D eigenvalue weighted by atomic mass is 10.2. The van der Waals surface area contributed by atoms with Crippen molar-refractivity contribution in [1.29, 1.82) is 0 Å². The fourth-order valence-corrected chi connectivity index (χ4v) is 2.51. The summed E-state index contributed by atoms with van der Waals surface area (Å²) < 4.78 is 10.5. The van der Waals surface area contributed by atoms with Crippen LogP contribution in [-0.4, -0.2) is 25.0 Å². The summed E-state index contributed by atoms with van der Waals surface area (Å²) in [7, 11) is 1.43. The Labute approximate surface area is 113 Å². The first-order chi connectivity index (χ1) is 9.26. The maximum absolute atomic E-state index is 11.7. The lowest BCUT2D eigenvalue weighted by Gasteiger charge is -1.98. The molecule has 0 unspecified atom stereocenters. The highest BCUT2D eigenvalue weighted by Gasteiger charge is 2.24. The van der Waals surface area contributed by atoms with E-state index in [1.165, 1.54) is 18.9 Å². The van der Waals surface area contributed by atoms with Crippen LogP contribution in [0.15, 0.2) is 28.3 Å². The fourth-order valence-electron chi connectivity index (χ4n) is 1.71. The Bertz CT molecular complexity index is 597. The van der Waals surface area contributed by atoms with E-state index in [0.717, 1.165) is 5.56 Å². The quantitative estimate of drug-likeness (QED) is 0.656. The smallest absolute Gasteiger partial charge is 0.264 e. The SMILES string of the molecule is CO/N=C1\NC(=O)/C(=C/c2ccc3c(c2)OCO3)S1. The number of hydrogen-bond donors (Lipinski definition) is 1. The predicted octanol–water partition coefficient (Wildman–Crippen LogP) is 1.54. The lowest BCUT2D eigenvalue weighted by Crippen LogP contribution is -2.19. The van der Waals surface area contributed by atoms with Gasteiger partial charge in [0, 0.05) is 0 Å². The van der Waals surface area contributed by atoms with Crippen molar-refractivity contribution in [3.8, 4) is 11.5 Å². The Morgan fingerprint density at radius 1 is 1.42 bits per heavy atom. The van der Waals surface area contributed by atoms with Crippen LogP contribution in [-0.2, 0) is 9.63 Å². The molecule has 0 radical (unpaired) electrons. The summed E-state index contributed by atoms with van der Waals surface area (Å²) in [6.07, 6.45) is 1.76. The highest BCUT2D eigenvalue weighted by molar-refractivity contribution is 8.18. The van der Waals surface area contributed by atoms with Crippen LogP contribution in [0.5, 0.6) is 11.5 Å². The van der Waals surface area contributed by atoms with Crippen molar-refractivity contribution in [3.05, 3.63) is 28.7 Å². The molecular formula is C12H10N2O4S. The number of hydrogen-bond acceptors (Lipinski definition) is 6. The molecule has 6 nitrogen and oxygen atoms in total. The molecule has 0 aromatic heterocycles. The average molecular weight is 278 g/mol. The molecule has 1 fully saturated rings. The second-order valence-electron chi connectivity index (χ2n) is 3.76. The van der Waals surface area contributed by atoms with Crippen LogP contribution in [0.25, 0.3) is 6.08 Å². The summed E-state index contributed by atoms with van der Waals surface area (Å²) in [5, 5.41) is 6.72. The minimum Gasteiger partial charge on any atom is -0.454 e. The molecule has 1 amide bonds. The van der Waals surface area contributed by atoms with Crippen molar-refractivity contribution in [2.75, 3.05) is 13.9 Å². The Morgan fingerprint density at radius 2 is 2.26 bits per heavy atom. The molecule has 7 heteroatoms. The fraction of sp³-hybridized carbons (Fsp3) is 0.167. The van der Waals surface area contributed by atoms with Gasteiger partial charge in [-0.2, -0.15) is 0 Å². The molecule has 2 aliphatic rings. The second kappa shape index (κ2) is 4.85. The zero-order valence-corrected chi connectivity index (χ0v) is 10.8. The van der Waals surface area contributed by atoms with Crippen LogP contribution in [0.1, 0.15) is 5.56 Å². The Balaban J connectivity index is 1.86. The number of nitrogens with one attached hydrogen (secondary N) is 1. The van der Waals surface area contributed by atoms with E-state index in [4.69, 9.17) is 9.47 Å². The number of nitrogens with zero attached hydrogens (tertiary/aromatic N) is 1. The number of ether oxygens (including phenoxy) is 2. The van der Waals surface area contributed by atoms with E-state index >= 15 is 0 Å². The Morgan fingerprint density at radius 3 is 3.11 bits per heavy atom. The summed E-state index contributed by atoms with van der Waals surface area (Å²) in [6, 6.07) is 5.50. The number of oxime groups is 1. The number of carbonyl (C=O) groups excluding carboxylic acids is 1. The Kier molecular flexibility index (Phi) is 3.04. The number of amidine groups is 1. The van der Waals surface area contributed by atoms with E-state index in [1.54, 1.807) is 6.08 Å². The van der Waals surface area contributed by atoms with E-state index in [-0.39, 0.29) is 12.7 Å². The number of fused-ring (bicyclic) bond motifs is 1. The summed E-state index contributed by atoms with van der Waals surface area (Å²) in [6.45, 7) is 0.231. The van der Waals surface area contributed by atoms with Crippen LogP contribution < -0.4 is 14.8 Å². The molecule has 0 spiro atoms. The van der Waals surface area contributed by atoms with Gasteiger partial charge >= 0.3 is 0 Å². The molecule has 3 rings (SSSR count). The highest BCUT2D eigenvalue weighted by atomic mass is 32.2. The topological polar surface area (TPSA) is 69.2 Å². The average Bonchev–Trinajstić information content (AvgIpc) is 2.97. The largest absolute Gasteiger partial charge is 0.454 e. The number of thioether (sulfide) groups is 1. The van der Waals surface area contributed by atoms with Crippen molar-refractivity contribution < 1.29 is 19.1 Å². The van der Waals surface area contributed by atoms with Crippen molar-refractivity contribution >= 4 is 28.9 Å². The van der Waals surface area contributed by atoms with E-state index in [9.17, 15) is 4.79 Å². The van der Waals surface area contributed by atoms with E-state index in [2.05, 4.69) is 15.3 Å². The molecule has 0 atom stereocenters. The van der Waals surface area contributed by atoms with Crippen molar-refractivity contribution in [3.63, 3.8) is 0 Å². The van der Waals surface area contributed by atoms with Gasteiger partial charge in [-0.05, 0) is 35.5 Å². The Hall–Kier alpha value is -2.15. The highest BCUT2D eigenvalue weighted by Crippen LogP contribution is 2.34. The van der Waals surface area contributed by atoms with Gasteiger partial charge in [-0.3, -0.25) is 10.1 Å². The number of carbonyl (C=O) groups is 1. The monoisotopic (exact) mass is 278 g/mol. The first-order valence-electron chi connectivity index (χ1n) is 5.48. The molecule has 98 valence electrons. The summed E-state index contributed by atoms with van der Waals surface area (Å²) in [5.41, 5.74) is 0.862. The predicted molar refractivity (Wildman–Crippen MR) is 70.7 cm³/mol. The van der Waals surface area contributed by atoms with E-state index in [0.29, 0.717) is 21.6 Å². The maximum Gasteiger partial charge on any atom is 0.264 e. The maximum atomic E-state index is 11.7. The summed E-state index contributed by atoms with van der Waals surface area (Å²) in [5.74, 6) is 1.20. The van der Waals surface area contributed by atoms with Crippen LogP contribution >= 0.6 is 11.8 Å². The number of amides is 1. The minimum atomic E-state index is -0.196. The molecule has 0 bridgehead atoms. The first kappa shape index (κ1) is 11.9. The third kappa shape index (κ3) is 2.37. The van der Waals surface area contributed by atoms with Gasteiger partial charge in [-0.25, -0.2) is 0 Å². The molecule has 1 saturated heterocycles. The van der Waals surface area contributed by atoms with Gasteiger partial charge in [0.05, 0.1) is 4.91 Å². The molecule has 0 aliphatic carbocycles. The zero-order chi connectivity index (χ0) is 13.2. The summed E-state index contributed by atoms with van der Waals surface area (Å²) >= 11 is 1.22. The van der Waals surface area contributed by atoms with Gasteiger partial charge in [-0.1, -0.05) is 11.2 Å². The van der Waals surface area contributed by atoms with Crippen molar-refractivity contribution in [1.82, 2.24) is 5.32 Å². The van der Waals surface area contributed by atoms with Crippen LogP contribution in [0.4, 0.5) is 0 Å². The van der Waals surface area contributed by atoms with Gasteiger partial charge in [0.25, 0.3) is 5.91 Å². The van der Waals surface area contributed by atoms with E-state index < -0.39 is 0 Å².